The van der Waals surface area contributed by atoms with E-state index < -0.39 is 18.0 Å². The molecule has 0 amide bonds. The van der Waals surface area contributed by atoms with E-state index in [0.717, 1.165) is 0 Å². The Bertz CT molecular complexity index is 255. The van der Waals surface area contributed by atoms with E-state index in [-0.39, 0.29) is 0 Å². The molecule has 0 N–H and O–H groups in total. The molecule has 0 aromatic heterocycles. The predicted molar refractivity (Wildman–Crippen MR) is 56.8 cm³/mol. The van der Waals surface area contributed by atoms with Crippen LogP contribution in [0.3, 0.4) is 0 Å². The third-order valence-electron chi connectivity index (χ3n) is 1.42. The number of carbonyl (C=O) groups is 1. The number of carbonyl (C=O) groups excluding carboxylic acids is 1. The Morgan fingerprint density at radius 1 is 1.47 bits per heavy atom. The van der Waals surface area contributed by atoms with Crippen LogP contribution in [0.4, 0.5) is 0 Å². The summed E-state index contributed by atoms with van der Waals surface area (Å²) in [5, 5.41) is 0. The van der Waals surface area contributed by atoms with E-state index in [1.807, 2.05) is 0 Å². The largest absolute Gasteiger partial charge is 0.473 e. The maximum Gasteiger partial charge on any atom is 0.335 e. The van der Waals surface area contributed by atoms with Crippen LogP contribution in [-0.2, 0) is 19.0 Å². The molecule has 0 aromatic rings. The number of hydrogen-bond donors (Lipinski definition) is 0. The van der Waals surface area contributed by atoms with E-state index in [1.165, 1.54) is 6.26 Å². The minimum atomic E-state index is -1.06. The Morgan fingerprint density at radius 3 is 2.40 bits per heavy atom. The van der Waals surface area contributed by atoms with Gasteiger partial charge in [0.05, 0.1) is 6.26 Å². The van der Waals surface area contributed by atoms with Crippen LogP contribution in [0.25, 0.3) is 0 Å². The molecule has 0 aliphatic rings. The van der Waals surface area contributed by atoms with E-state index >= 15 is 0 Å². The monoisotopic (exact) mass is 214 g/mol. The van der Waals surface area contributed by atoms with Crippen LogP contribution in [0.5, 0.6) is 0 Å². The Kier molecular flexibility index (Phi) is 5.08. The van der Waals surface area contributed by atoms with Gasteiger partial charge < -0.3 is 14.2 Å². The standard InChI is InChI=1S/C11H18O4/c1-7-13-9(4)14-11(5,6)15-10(12)8(2)3/h7,9H,1-2H2,3-6H3. The van der Waals surface area contributed by atoms with Crippen LogP contribution in [0.1, 0.15) is 27.7 Å². The quantitative estimate of drug-likeness (QED) is 0.295. The van der Waals surface area contributed by atoms with Crippen LogP contribution < -0.4 is 0 Å². The summed E-state index contributed by atoms with van der Waals surface area (Å²) in [6.45, 7) is 13.4. The minimum Gasteiger partial charge on any atom is -0.473 e. The second-order valence-electron chi connectivity index (χ2n) is 3.56. The Labute approximate surface area is 90.5 Å². The lowest BCUT2D eigenvalue weighted by molar-refractivity contribution is -0.265. The molecular formula is C11H18O4. The zero-order chi connectivity index (χ0) is 12.1. The molecule has 0 saturated carbocycles. The summed E-state index contributed by atoms with van der Waals surface area (Å²) >= 11 is 0. The first-order chi connectivity index (χ1) is 6.78. The fourth-order valence-corrected chi connectivity index (χ4v) is 0.897. The number of hydrogen-bond acceptors (Lipinski definition) is 4. The average molecular weight is 214 g/mol. The number of ether oxygens (including phenoxy) is 3. The summed E-state index contributed by atoms with van der Waals surface area (Å²) < 4.78 is 15.3. The first-order valence-electron chi connectivity index (χ1n) is 4.61. The van der Waals surface area contributed by atoms with E-state index in [2.05, 4.69) is 13.2 Å². The van der Waals surface area contributed by atoms with Crippen molar-refractivity contribution in [3.63, 3.8) is 0 Å². The van der Waals surface area contributed by atoms with Gasteiger partial charge in [0.2, 0.25) is 5.79 Å². The molecule has 1 unspecified atom stereocenters. The summed E-state index contributed by atoms with van der Waals surface area (Å²) in [4.78, 5) is 11.2. The van der Waals surface area contributed by atoms with Crippen molar-refractivity contribution in [2.75, 3.05) is 0 Å². The first kappa shape index (κ1) is 13.7. The van der Waals surface area contributed by atoms with Gasteiger partial charge in [0.25, 0.3) is 0 Å². The van der Waals surface area contributed by atoms with Crippen molar-refractivity contribution in [1.29, 1.82) is 0 Å². The van der Waals surface area contributed by atoms with Crippen LogP contribution in [0.2, 0.25) is 0 Å². The van der Waals surface area contributed by atoms with E-state index in [4.69, 9.17) is 14.2 Å². The maximum absolute atomic E-state index is 11.2. The fourth-order valence-electron chi connectivity index (χ4n) is 0.897. The van der Waals surface area contributed by atoms with Gasteiger partial charge in [-0.2, -0.15) is 0 Å². The van der Waals surface area contributed by atoms with Crippen LogP contribution >= 0.6 is 0 Å². The molecule has 0 aromatic carbocycles. The molecule has 0 rings (SSSR count). The second-order valence-corrected chi connectivity index (χ2v) is 3.56. The Balaban J connectivity index is 4.23. The van der Waals surface area contributed by atoms with Crippen LogP contribution in [-0.4, -0.2) is 18.0 Å². The van der Waals surface area contributed by atoms with Crippen molar-refractivity contribution in [2.45, 2.75) is 39.8 Å². The highest BCUT2D eigenvalue weighted by Crippen LogP contribution is 2.16. The highest BCUT2D eigenvalue weighted by molar-refractivity contribution is 5.87. The normalized spacial score (nSPS) is 12.8. The molecule has 0 radical (unpaired) electrons. The van der Waals surface area contributed by atoms with Crippen molar-refractivity contribution in [3.05, 3.63) is 25.0 Å². The van der Waals surface area contributed by atoms with Gasteiger partial charge in [-0.25, -0.2) is 4.79 Å². The molecule has 86 valence electrons. The lowest BCUT2D eigenvalue weighted by atomic mass is 10.3. The molecule has 4 heteroatoms. The van der Waals surface area contributed by atoms with Crippen molar-refractivity contribution in [3.8, 4) is 0 Å². The smallest absolute Gasteiger partial charge is 0.335 e. The molecule has 0 bridgehead atoms. The van der Waals surface area contributed by atoms with Gasteiger partial charge in [0.15, 0.2) is 6.29 Å². The Hall–Kier alpha value is -1.29. The fraction of sp³-hybridized carbons (Fsp3) is 0.545. The first-order valence-corrected chi connectivity index (χ1v) is 4.61. The molecule has 15 heavy (non-hydrogen) atoms. The summed E-state index contributed by atoms with van der Waals surface area (Å²) in [5.74, 6) is -1.55. The van der Waals surface area contributed by atoms with Gasteiger partial charge in [-0.3, -0.25) is 0 Å². The molecule has 0 saturated heterocycles. The maximum atomic E-state index is 11.2. The second kappa shape index (κ2) is 5.56. The van der Waals surface area contributed by atoms with Gasteiger partial charge in [-0.05, 0) is 13.8 Å². The van der Waals surface area contributed by atoms with Crippen molar-refractivity contribution < 1.29 is 19.0 Å². The van der Waals surface area contributed by atoms with Gasteiger partial charge >= 0.3 is 5.97 Å². The van der Waals surface area contributed by atoms with Gasteiger partial charge in [0, 0.05) is 19.4 Å². The molecule has 0 aliphatic carbocycles. The molecule has 0 fully saturated rings. The van der Waals surface area contributed by atoms with Crippen LogP contribution in [0.15, 0.2) is 25.0 Å². The van der Waals surface area contributed by atoms with Crippen LogP contribution in [0, 0.1) is 0 Å². The van der Waals surface area contributed by atoms with Gasteiger partial charge in [-0.1, -0.05) is 13.2 Å². The van der Waals surface area contributed by atoms with Gasteiger partial charge in [-0.15, -0.1) is 0 Å². The SMILES string of the molecule is C=COC(C)OC(C)(C)OC(=O)C(=C)C. The number of rotatable bonds is 6. The lowest BCUT2D eigenvalue weighted by Crippen LogP contribution is -2.35. The predicted octanol–water partition coefficient (Wildman–Crippen LogP) is 2.36. The average Bonchev–Trinajstić information content (AvgIpc) is 2.01. The molecular weight excluding hydrogens is 196 g/mol. The topological polar surface area (TPSA) is 44.8 Å². The lowest BCUT2D eigenvalue weighted by Gasteiger charge is -2.28. The van der Waals surface area contributed by atoms with Crippen molar-refractivity contribution >= 4 is 5.97 Å². The van der Waals surface area contributed by atoms with E-state index in [9.17, 15) is 4.79 Å². The summed E-state index contributed by atoms with van der Waals surface area (Å²) in [5.41, 5.74) is 0.323. The third kappa shape index (κ3) is 5.91. The highest BCUT2D eigenvalue weighted by atomic mass is 16.8. The van der Waals surface area contributed by atoms with Gasteiger partial charge in [0.1, 0.15) is 0 Å². The number of esters is 1. The molecule has 0 aliphatic heterocycles. The zero-order valence-corrected chi connectivity index (χ0v) is 9.70. The summed E-state index contributed by atoms with van der Waals surface area (Å²) in [6, 6.07) is 0. The van der Waals surface area contributed by atoms with E-state index in [1.54, 1.807) is 27.7 Å². The molecule has 1 atom stereocenters. The van der Waals surface area contributed by atoms with Crippen molar-refractivity contribution in [2.24, 2.45) is 0 Å². The summed E-state index contributed by atoms with van der Waals surface area (Å²) in [7, 11) is 0. The minimum absolute atomic E-state index is 0.323. The van der Waals surface area contributed by atoms with Crippen molar-refractivity contribution in [1.82, 2.24) is 0 Å². The Morgan fingerprint density at radius 2 is 2.00 bits per heavy atom. The molecule has 4 nitrogen and oxygen atoms in total. The molecule has 0 spiro atoms. The van der Waals surface area contributed by atoms with E-state index in [0.29, 0.717) is 5.57 Å². The third-order valence-corrected chi connectivity index (χ3v) is 1.42. The molecule has 0 heterocycles. The zero-order valence-electron chi connectivity index (χ0n) is 9.70. The highest BCUT2D eigenvalue weighted by Gasteiger charge is 2.26. The summed E-state index contributed by atoms with van der Waals surface area (Å²) in [6.07, 6.45) is 0.733.